The minimum Gasteiger partial charge on any atom is -0.493 e. The van der Waals surface area contributed by atoms with Crippen LogP contribution in [0.1, 0.15) is 31.7 Å². The standard InChI is InChI=1S/C21H33F2N3O4.HI/c1-3-24-21(25-9-4-10-29-15-16-7-11-28-12-8-16)26-14-17-5-6-18(27-2)19(13-17)30-20(22)23;/h5-6,13,16,20H,3-4,7-12,14-15H2,1-2H3,(H2,24,25,26);1H. The molecule has 0 unspecified atom stereocenters. The molecule has 0 spiro atoms. The molecular weight excluding hydrogens is 523 g/mol. The van der Waals surface area contributed by atoms with E-state index in [1.165, 1.54) is 13.2 Å². The van der Waals surface area contributed by atoms with E-state index in [-0.39, 0.29) is 35.5 Å². The highest BCUT2D eigenvalue weighted by molar-refractivity contribution is 14.0. The van der Waals surface area contributed by atoms with Gasteiger partial charge in [0.15, 0.2) is 17.5 Å². The summed E-state index contributed by atoms with van der Waals surface area (Å²) in [6.45, 7) is 3.98. The summed E-state index contributed by atoms with van der Waals surface area (Å²) in [5.74, 6) is 1.52. The van der Waals surface area contributed by atoms with Gasteiger partial charge in [0.1, 0.15) is 0 Å². The molecule has 0 aromatic heterocycles. The van der Waals surface area contributed by atoms with E-state index in [2.05, 4.69) is 20.4 Å². The van der Waals surface area contributed by atoms with Crippen LogP contribution in [0.4, 0.5) is 8.78 Å². The van der Waals surface area contributed by atoms with Crippen LogP contribution in [0.3, 0.4) is 0 Å². The molecule has 0 aliphatic carbocycles. The van der Waals surface area contributed by atoms with Crippen LogP contribution < -0.4 is 20.1 Å². The van der Waals surface area contributed by atoms with Gasteiger partial charge in [-0.3, -0.25) is 0 Å². The van der Waals surface area contributed by atoms with Gasteiger partial charge in [-0.25, -0.2) is 4.99 Å². The lowest BCUT2D eigenvalue weighted by Crippen LogP contribution is -2.38. The van der Waals surface area contributed by atoms with Crippen molar-refractivity contribution >= 4 is 29.9 Å². The fourth-order valence-corrected chi connectivity index (χ4v) is 3.06. The summed E-state index contributed by atoms with van der Waals surface area (Å²) in [6, 6.07) is 4.88. The van der Waals surface area contributed by atoms with Crippen molar-refractivity contribution in [3.8, 4) is 11.5 Å². The second-order valence-corrected chi connectivity index (χ2v) is 6.97. The van der Waals surface area contributed by atoms with E-state index in [9.17, 15) is 8.78 Å². The van der Waals surface area contributed by atoms with Gasteiger partial charge in [-0.1, -0.05) is 6.07 Å². The van der Waals surface area contributed by atoms with Crippen molar-refractivity contribution in [3.63, 3.8) is 0 Å². The van der Waals surface area contributed by atoms with Crippen molar-refractivity contribution in [3.05, 3.63) is 23.8 Å². The van der Waals surface area contributed by atoms with E-state index >= 15 is 0 Å². The lowest BCUT2D eigenvalue weighted by molar-refractivity contribution is -0.0512. The number of alkyl halides is 2. The van der Waals surface area contributed by atoms with Gasteiger partial charge in [0.05, 0.1) is 13.7 Å². The molecule has 7 nitrogen and oxygen atoms in total. The van der Waals surface area contributed by atoms with Crippen LogP contribution >= 0.6 is 24.0 Å². The first kappa shape index (κ1) is 27.6. The van der Waals surface area contributed by atoms with Crippen molar-refractivity contribution in [2.75, 3.05) is 46.6 Å². The predicted molar refractivity (Wildman–Crippen MR) is 127 cm³/mol. The fourth-order valence-electron chi connectivity index (χ4n) is 3.06. The zero-order chi connectivity index (χ0) is 21.6. The molecule has 31 heavy (non-hydrogen) atoms. The summed E-state index contributed by atoms with van der Waals surface area (Å²) in [4.78, 5) is 4.51. The summed E-state index contributed by atoms with van der Waals surface area (Å²) in [6.07, 6.45) is 3.01. The second kappa shape index (κ2) is 16.3. The maximum atomic E-state index is 12.6. The zero-order valence-corrected chi connectivity index (χ0v) is 20.5. The predicted octanol–water partition coefficient (Wildman–Crippen LogP) is 3.80. The van der Waals surface area contributed by atoms with Gasteiger partial charge in [0.25, 0.3) is 0 Å². The Morgan fingerprint density at radius 1 is 1.23 bits per heavy atom. The Labute approximate surface area is 200 Å². The fraction of sp³-hybridized carbons (Fsp3) is 0.667. The van der Waals surface area contributed by atoms with E-state index in [0.717, 1.165) is 51.2 Å². The number of aliphatic imine (C=N–C) groups is 1. The molecule has 10 heteroatoms. The molecule has 1 aliphatic heterocycles. The zero-order valence-electron chi connectivity index (χ0n) is 18.2. The molecular formula is C21H34F2IN3O4. The van der Waals surface area contributed by atoms with Crippen LogP contribution in [0.25, 0.3) is 0 Å². The Morgan fingerprint density at radius 3 is 2.68 bits per heavy atom. The minimum absolute atomic E-state index is 0. The maximum Gasteiger partial charge on any atom is 0.387 e. The number of methoxy groups -OCH3 is 1. The number of hydrogen-bond donors (Lipinski definition) is 2. The van der Waals surface area contributed by atoms with Crippen molar-refractivity contribution in [1.29, 1.82) is 0 Å². The SMILES string of the molecule is CCNC(=NCc1ccc(OC)c(OC(F)F)c1)NCCCOCC1CCOCC1.I. The number of guanidine groups is 1. The first-order chi connectivity index (χ1) is 14.6. The van der Waals surface area contributed by atoms with Crippen LogP contribution in [-0.4, -0.2) is 59.2 Å². The lowest BCUT2D eigenvalue weighted by atomic mass is 10.0. The van der Waals surface area contributed by atoms with Crippen LogP contribution in [0.2, 0.25) is 0 Å². The molecule has 0 saturated carbocycles. The maximum absolute atomic E-state index is 12.6. The highest BCUT2D eigenvalue weighted by Gasteiger charge is 2.13. The Hall–Kier alpha value is -1.40. The molecule has 1 aromatic carbocycles. The van der Waals surface area contributed by atoms with Crippen molar-refractivity contribution < 1.29 is 27.7 Å². The van der Waals surface area contributed by atoms with Gasteiger partial charge in [-0.2, -0.15) is 8.78 Å². The van der Waals surface area contributed by atoms with Crippen molar-refractivity contribution in [2.24, 2.45) is 10.9 Å². The van der Waals surface area contributed by atoms with Crippen LogP contribution in [0.15, 0.2) is 23.2 Å². The molecule has 1 fully saturated rings. The molecule has 1 heterocycles. The van der Waals surface area contributed by atoms with Gasteiger partial charge in [0, 0.05) is 39.5 Å². The van der Waals surface area contributed by atoms with Gasteiger partial charge in [-0.15, -0.1) is 24.0 Å². The first-order valence-electron chi connectivity index (χ1n) is 10.4. The number of nitrogens with one attached hydrogen (secondary N) is 2. The summed E-state index contributed by atoms with van der Waals surface area (Å²) in [5.41, 5.74) is 0.739. The molecule has 1 aliphatic rings. The number of nitrogens with zero attached hydrogens (tertiary/aromatic N) is 1. The van der Waals surface area contributed by atoms with Gasteiger partial charge in [0.2, 0.25) is 0 Å². The number of ether oxygens (including phenoxy) is 4. The van der Waals surface area contributed by atoms with Crippen molar-refractivity contribution in [2.45, 2.75) is 39.3 Å². The van der Waals surface area contributed by atoms with Gasteiger partial charge < -0.3 is 29.6 Å². The number of hydrogen-bond acceptors (Lipinski definition) is 5. The van der Waals surface area contributed by atoms with Crippen LogP contribution in [0, 0.1) is 5.92 Å². The Kier molecular flexibility index (Phi) is 14.5. The summed E-state index contributed by atoms with van der Waals surface area (Å²) < 4.78 is 45.8. The second-order valence-electron chi connectivity index (χ2n) is 6.97. The van der Waals surface area contributed by atoms with Crippen LogP contribution in [0.5, 0.6) is 11.5 Å². The summed E-state index contributed by atoms with van der Waals surface area (Å²) >= 11 is 0. The van der Waals surface area contributed by atoms with Crippen LogP contribution in [-0.2, 0) is 16.0 Å². The van der Waals surface area contributed by atoms with E-state index in [1.807, 2.05) is 6.92 Å². The van der Waals surface area contributed by atoms with E-state index < -0.39 is 6.61 Å². The lowest BCUT2D eigenvalue weighted by Gasteiger charge is -2.21. The molecule has 2 rings (SSSR count). The summed E-state index contributed by atoms with van der Waals surface area (Å²) in [7, 11) is 1.41. The third kappa shape index (κ3) is 11.2. The quantitative estimate of drug-likeness (QED) is 0.176. The Bertz CT molecular complexity index is 647. The normalized spacial score (nSPS) is 14.8. The first-order valence-corrected chi connectivity index (χ1v) is 10.4. The molecule has 178 valence electrons. The highest BCUT2D eigenvalue weighted by atomic mass is 127. The number of benzene rings is 1. The minimum atomic E-state index is -2.91. The smallest absolute Gasteiger partial charge is 0.387 e. The molecule has 0 atom stereocenters. The average Bonchev–Trinajstić information content (AvgIpc) is 2.74. The molecule has 0 radical (unpaired) electrons. The molecule has 0 bridgehead atoms. The van der Waals surface area contributed by atoms with E-state index in [0.29, 0.717) is 31.6 Å². The average molecular weight is 557 g/mol. The van der Waals surface area contributed by atoms with Crippen molar-refractivity contribution in [1.82, 2.24) is 10.6 Å². The third-order valence-electron chi connectivity index (χ3n) is 4.66. The summed E-state index contributed by atoms with van der Waals surface area (Å²) in [5, 5.41) is 6.43. The number of halogens is 3. The topological polar surface area (TPSA) is 73.3 Å². The van der Waals surface area contributed by atoms with E-state index in [4.69, 9.17) is 14.2 Å². The molecule has 0 amide bonds. The Morgan fingerprint density at radius 2 is 2.00 bits per heavy atom. The van der Waals surface area contributed by atoms with E-state index in [1.54, 1.807) is 12.1 Å². The van der Waals surface area contributed by atoms with Gasteiger partial charge >= 0.3 is 6.61 Å². The highest BCUT2D eigenvalue weighted by Crippen LogP contribution is 2.29. The monoisotopic (exact) mass is 557 g/mol. The molecule has 2 N–H and O–H groups in total. The molecule has 1 aromatic rings. The Balaban J connectivity index is 0.00000480. The number of rotatable bonds is 12. The third-order valence-corrected chi connectivity index (χ3v) is 4.66. The largest absolute Gasteiger partial charge is 0.493 e. The van der Waals surface area contributed by atoms with Gasteiger partial charge in [-0.05, 0) is 49.8 Å². The molecule has 1 saturated heterocycles.